The lowest BCUT2D eigenvalue weighted by molar-refractivity contribution is -0.127. The van der Waals surface area contributed by atoms with E-state index in [-0.39, 0.29) is 23.7 Å². The Balaban J connectivity index is 1.66. The van der Waals surface area contributed by atoms with E-state index in [4.69, 9.17) is 13.9 Å². The fourth-order valence-corrected chi connectivity index (χ4v) is 3.67. The summed E-state index contributed by atoms with van der Waals surface area (Å²) in [4.78, 5) is 39.9. The van der Waals surface area contributed by atoms with E-state index in [1.807, 2.05) is 13.8 Å². The van der Waals surface area contributed by atoms with Crippen molar-refractivity contribution in [3.05, 3.63) is 71.1 Å². The molecule has 8 heteroatoms. The minimum Gasteiger partial charge on any atom is -0.493 e. The van der Waals surface area contributed by atoms with Crippen molar-refractivity contribution in [2.45, 2.75) is 13.8 Å². The maximum absolute atomic E-state index is 12.9. The molecular weight excluding hydrogens is 424 g/mol. The lowest BCUT2D eigenvalue weighted by atomic mass is 9.93. The summed E-state index contributed by atoms with van der Waals surface area (Å²) >= 11 is 0. The first kappa shape index (κ1) is 22.1. The Kier molecular flexibility index (Phi) is 5.68. The Morgan fingerprint density at radius 2 is 2.03 bits per heavy atom. The van der Waals surface area contributed by atoms with Crippen LogP contribution in [0, 0.1) is 5.41 Å². The molecule has 8 nitrogen and oxygen atoms in total. The molecule has 33 heavy (non-hydrogen) atoms. The minimum absolute atomic E-state index is 0.0814. The number of nitrogens with zero attached hydrogens (tertiary/aromatic N) is 1. The van der Waals surface area contributed by atoms with Gasteiger partial charge in [0.05, 0.1) is 18.2 Å². The van der Waals surface area contributed by atoms with E-state index in [0.717, 1.165) is 0 Å². The van der Waals surface area contributed by atoms with E-state index in [9.17, 15) is 14.4 Å². The van der Waals surface area contributed by atoms with Crippen molar-refractivity contribution in [3.63, 3.8) is 0 Å². The molecule has 0 saturated heterocycles. The zero-order chi connectivity index (χ0) is 23.8. The summed E-state index contributed by atoms with van der Waals surface area (Å²) in [6.07, 6.45) is 1.65. The highest BCUT2D eigenvalue weighted by atomic mass is 16.5. The molecule has 0 saturated carbocycles. The first-order chi connectivity index (χ1) is 15.7. The molecule has 2 aromatic carbocycles. The maximum atomic E-state index is 12.9. The topological polar surface area (TPSA) is 98.1 Å². The van der Waals surface area contributed by atoms with Gasteiger partial charge in [0.1, 0.15) is 17.9 Å². The molecule has 0 unspecified atom stereocenters. The summed E-state index contributed by atoms with van der Waals surface area (Å²) in [6, 6.07) is 11.6. The van der Waals surface area contributed by atoms with E-state index >= 15 is 0 Å². The number of hydrogen-bond acceptors (Lipinski definition) is 6. The maximum Gasteiger partial charge on any atom is 0.349 e. The summed E-state index contributed by atoms with van der Waals surface area (Å²) in [6.45, 7) is 7.87. The molecule has 1 aliphatic heterocycles. The molecule has 4 rings (SSSR count). The largest absolute Gasteiger partial charge is 0.493 e. The van der Waals surface area contributed by atoms with Crippen molar-refractivity contribution < 1.29 is 23.5 Å². The molecule has 1 aromatic heterocycles. The molecule has 0 spiro atoms. The van der Waals surface area contributed by atoms with Gasteiger partial charge in [-0.1, -0.05) is 18.2 Å². The number of carbonyl (C=O) groups excluding carboxylic acids is 2. The minimum atomic E-state index is -0.778. The normalized spacial score (nSPS) is 14.8. The van der Waals surface area contributed by atoms with Gasteiger partial charge in [-0.05, 0) is 38.1 Å². The van der Waals surface area contributed by atoms with Crippen molar-refractivity contribution in [2.24, 2.45) is 5.41 Å². The van der Waals surface area contributed by atoms with Crippen molar-refractivity contribution in [2.75, 3.05) is 30.5 Å². The molecule has 0 radical (unpaired) electrons. The highest BCUT2D eigenvalue weighted by molar-refractivity contribution is 6.06. The molecule has 3 aromatic rings. The summed E-state index contributed by atoms with van der Waals surface area (Å²) in [5, 5.41) is 3.27. The second kappa shape index (κ2) is 8.46. The average Bonchev–Trinajstić information content (AvgIpc) is 2.88. The number of anilines is 2. The SMILES string of the molecule is C=CCN1C(=O)C(C)(C)COc2cc(NC(=O)c3cc4cccc(OC)c4oc3=O)ccc21. The number of benzene rings is 2. The zero-order valence-electron chi connectivity index (χ0n) is 18.6. The summed E-state index contributed by atoms with van der Waals surface area (Å²) in [5.74, 6) is 0.147. The van der Waals surface area contributed by atoms with Crippen LogP contribution in [0.4, 0.5) is 11.4 Å². The van der Waals surface area contributed by atoms with Crippen LogP contribution in [-0.2, 0) is 4.79 Å². The first-order valence-corrected chi connectivity index (χ1v) is 10.4. The number of rotatable bonds is 5. The molecule has 1 aliphatic rings. The van der Waals surface area contributed by atoms with Crippen molar-refractivity contribution >= 4 is 34.2 Å². The first-order valence-electron chi connectivity index (χ1n) is 10.4. The highest BCUT2D eigenvalue weighted by Crippen LogP contribution is 2.38. The van der Waals surface area contributed by atoms with Crippen molar-refractivity contribution in [1.29, 1.82) is 0 Å². The Morgan fingerprint density at radius 1 is 1.24 bits per heavy atom. The number of hydrogen-bond donors (Lipinski definition) is 1. The van der Waals surface area contributed by atoms with Crippen LogP contribution in [0.2, 0.25) is 0 Å². The average molecular weight is 448 g/mol. The lowest BCUT2D eigenvalue weighted by Gasteiger charge is -2.27. The quantitative estimate of drug-likeness (QED) is 0.468. The Bertz CT molecular complexity index is 1320. The molecule has 2 amide bonds. The van der Waals surface area contributed by atoms with E-state index in [1.165, 1.54) is 13.2 Å². The summed E-state index contributed by atoms with van der Waals surface area (Å²) < 4.78 is 16.4. The predicted octanol–water partition coefficient (Wildman–Crippen LogP) is 3.99. The van der Waals surface area contributed by atoms with Crippen LogP contribution >= 0.6 is 0 Å². The van der Waals surface area contributed by atoms with Gasteiger partial charge >= 0.3 is 5.63 Å². The highest BCUT2D eigenvalue weighted by Gasteiger charge is 2.37. The summed E-state index contributed by atoms with van der Waals surface area (Å²) in [5.41, 5.74) is -0.377. The van der Waals surface area contributed by atoms with E-state index < -0.39 is 16.9 Å². The third kappa shape index (κ3) is 4.07. The van der Waals surface area contributed by atoms with Crippen LogP contribution in [-0.4, -0.2) is 32.1 Å². The van der Waals surface area contributed by atoms with E-state index in [2.05, 4.69) is 11.9 Å². The van der Waals surface area contributed by atoms with Crippen LogP contribution in [0.15, 0.2) is 64.3 Å². The van der Waals surface area contributed by atoms with Gasteiger partial charge in [0.15, 0.2) is 11.3 Å². The number of nitrogens with one attached hydrogen (secondary N) is 1. The third-order valence-corrected chi connectivity index (χ3v) is 5.42. The number of ether oxygens (including phenoxy) is 2. The van der Waals surface area contributed by atoms with Gasteiger partial charge in [-0.25, -0.2) is 4.79 Å². The van der Waals surface area contributed by atoms with E-state index in [0.29, 0.717) is 34.8 Å². The predicted molar refractivity (Wildman–Crippen MR) is 125 cm³/mol. The van der Waals surface area contributed by atoms with Gasteiger partial charge in [-0.2, -0.15) is 0 Å². The molecule has 2 heterocycles. The number of carbonyl (C=O) groups is 2. The number of para-hydroxylation sites is 1. The van der Waals surface area contributed by atoms with Gasteiger partial charge in [-0.15, -0.1) is 6.58 Å². The second-order valence-corrected chi connectivity index (χ2v) is 8.34. The molecule has 0 bridgehead atoms. The molecule has 0 fully saturated rings. The fraction of sp³-hybridized carbons (Fsp3) is 0.240. The number of fused-ring (bicyclic) bond motifs is 2. The van der Waals surface area contributed by atoms with Crippen LogP contribution in [0.25, 0.3) is 11.0 Å². The molecular formula is C25H24N2O6. The Morgan fingerprint density at radius 3 is 2.76 bits per heavy atom. The standard InChI is InChI=1S/C25H24N2O6/c1-5-11-27-18-10-9-16(13-20(18)32-14-25(2,3)24(27)30)26-22(28)17-12-15-7-6-8-19(31-4)21(15)33-23(17)29/h5-10,12-13H,1,11,14H2,2-4H3,(H,26,28). The summed E-state index contributed by atoms with van der Waals surface area (Å²) in [7, 11) is 1.47. The van der Waals surface area contributed by atoms with Gasteiger partial charge in [0.25, 0.3) is 5.91 Å². The Labute approximate surface area is 190 Å². The van der Waals surface area contributed by atoms with Crippen LogP contribution < -0.4 is 25.3 Å². The number of amides is 2. The third-order valence-electron chi connectivity index (χ3n) is 5.42. The van der Waals surface area contributed by atoms with Gasteiger partial charge in [-0.3, -0.25) is 9.59 Å². The smallest absolute Gasteiger partial charge is 0.349 e. The fourth-order valence-electron chi connectivity index (χ4n) is 3.67. The van der Waals surface area contributed by atoms with Crippen LogP contribution in [0.5, 0.6) is 11.5 Å². The van der Waals surface area contributed by atoms with Crippen molar-refractivity contribution in [1.82, 2.24) is 0 Å². The van der Waals surface area contributed by atoms with Crippen LogP contribution in [0.3, 0.4) is 0 Å². The molecule has 0 aliphatic carbocycles. The molecule has 0 atom stereocenters. The van der Waals surface area contributed by atoms with Crippen LogP contribution in [0.1, 0.15) is 24.2 Å². The molecule has 1 N–H and O–H groups in total. The van der Waals surface area contributed by atoms with Gasteiger partial charge < -0.3 is 24.1 Å². The number of methoxy groups -OCH3 is 1. The van der Waals surface area contributed by atoms with Gasteiger partial charge in [0, 0.05) is 23.7 Å². The van der Waals surface area contributed by atoms with Gasteiger partial charge in [0.2, 0.25) is 5.91 Å². The monoisotopic (exact) mass is 448 g/mol. The van der Waals surface area contributed by atoms with Crippen molar-refractivity contribution in [3.8, 4) is 11.5 Å². The lowest BCUT2D eigenvalue weighted by Crippen LogP contribution is -2.42. The molecule has 170 valence electrons. The zero-order valence-corrected chi connectivity index (χ0v) is 18.6. The van der Waals surface area contributed by atoms with E-state index in [1.54, 1.807) is 47.4 Å². The second-order valence-electron chi connectivity index (χ2n) is 8.34. The Hall–Kier alpha value is -4.07.